The summed E-state index contributed by atoms with van der Waals surface area (Å²) >= 11 is 0. The van der Waals surface area contributed by atoms with Crippen LogP contribution in [0.4, 0.5) is 0 Å². The summed E-state index contributed by atoms with van der Waals surface area (Å²) in [7, 11) is -0.622. The average Bonchev–Trinajstić information content (AvgIpc) is 3.44. The van der Waals surface area contributed by atoms with E-state index < -0.39 is 16.0 Å². The SMILES string of the molecule is CCn1c(COC(=O)c2ccc(-n3cnnn3)cc2)nc2cc(S(=O)(=O)N(C)C)ccc21. The van der Waals surface area contributed by atoms with Gasteiger partial charge in [-0.25, -0.2) is 27.2 Å². The van der Waals surface area contributed by atoms with Crippen molar-refractivity contribution in [2.24, 2.45) is 0 Å². The predicted molar refractivity (Wildman–Crippen MR) is 115 cm³/mol. The molecule has 0 unspecified atom stereocenters. The molecular weight excluding hydrogens is 434 g/mol. The summed E-state index contributed by atoms with van der Waals surface area (Å²) < 4.78 is 34.8. The fraction of sp³-hybridized carbons (Fsp3) is 0.250. The molecule has 2 aromatic carbocycles. The number of imidazole rings is 1. The van der Waals surface area contributed by atoms with Crippen LogP contribution in [0.1, 0.15) is 23.1 Å². The lowest BCUT2D eigenvalue weighted by atomic mass is 10.2. The van der Waals surface area contributed by atoms with Crippen LogP contribution in [0, 0.1) is 0 Å². The van der Waals surface area contributed by atoms with Crippen LogP contribution in [-0.2, 0) is 27.9 Å². The second kappa shape index (κ2) is 8.48. The first kappa shape index (κ1) is 21.6. The van der Waals surface area contributed by atoms with E-state index in [0.717, 1.165) is 9.82 Å². The Balaban J connectivity index is 1.54. The van der Waals surface area contributed by atoms with Crippen molar-refractivity contribution in [1.29, 1.82) is 0 Å². The van der Waals surface area contributed by atoms with Crippen LogP contribution in [0.2, 0.25) is 0 Å². The smallest absolute Gasteiger partial charge is 0.338 e. The number of benzene rings is 2. The van der Waals surface area contributed by atoms with Gasteiger partial charge in [-0.05, 0) is 59.8 Å². The first-order valence-electron chi connectivity index (χ1n) is 9.73. The standard InChI is InChI=1S/C20H21N7O4S/c1-4-26-18-10-9-16(32(29,30)25(2)3)11-17(18)22-19(26)12-31-20(28)14-5-7-15(8-6-14)27-13-21-23-24-27/h5-11,13H,4,12H2,1-3H3. The van der Waals surface area contributed by atoms with Gasteiger partial charge in [0.1, 0.15) is 18.8 Å². The number of fused-ring (bicyclic) bond motifs is 1. The van der Waals surface area contributed by atoms with E-state index in [4.69, 9.17) is 4.74 Å². The fourth-order valence-corrected chi connectivity index (χ4v) is 4.16. The molecule has 0 radical (unpaired) electrons. The molecule has 0 fully saturated rings. The Bertz CT molecular complexity index is 1360. The molecule has 32 heavy (non-hydrogen) atoms. The Morgan fingerprint density at radius 1 is 1.12 bits per heavy atom. The number of hydrogen-bond acceptors (Lipinski definition) is 8. The molecule has 0 saturated carbocycles. The summed E-state index contributed by atoms with van der Waals surface area (Å²) in [5.74, 6) is 0.0272. The number of esters is 1. The van der Waals surface area contributed by atoms with Crippen molar-refractivity contribution in [1.82, 2.24) is 34.1 Å². The third-order valence-corrected chi connectivity index (χ3v) is 6.75. The highest BCUT2D eigenvalue weighted by Crippen LogP contribution is 2.23. The van der Waals surface area contributed by atoms with Crippen molar-refractivity contribution in [2.75, 3.05) is 14.1 Å². The average molecular weight is 456 g/mol. The van der Waals surface area contributed by atoms with E-state index in [1.54, 1.807) is 36.4 Å². The van der Waals surface area contributed by atoms with E-state index in [2.05, 4.69) is 20.5 Å². The molecule has 11 nitrogen and oxygen atoms in total. The van der Waals surface area contributed by atoms with E-state index in [-0.39, 0.29) is 11.5 Å². The molecule has 0 N–H and O–H groups in total. The summed E-state index contributed by atoms with van der Waals surface area (Å²) in [5, 5.41) is 10.9. The molecule has 0 aliphatic rings. The van der Waals surface area contributed by atoms with Gasteiger partial charge in [0.25, 0.3) is 0 Å². The zero-order chi connectivity index (χ0) is 22.9. The van der Waals surface area contributed by atoms with Gasteiger partial charge < -0.3 is 9.30 Å². The maximum Gasteiger partial charge on any atom is 0.338 e. The number of nitrogens with zero attached hydrogens (tertiary/aromatic N) is 7. The molecule has 12 heteroatoms. The van der Waals surface area contributed by atoms with Crippen LogP contribution in [-0.4, -0.2) is 62.5 Å². The number of carbonyl (C=O) groups is 1. The predicted octanol–water partition coefficient (Wildman–Crippen LogP) is 1.64. The largest absolute Gasteiger partial charge is 0.454 e. The minimum absolute atomic E-state index is 0.0497. The first-order chi connectivity index (χ1) is 15.3. The van der Waals surface area contributed by atoms with Crippen LogP contribution in [0.5, 0.6) is 0 Å². The molecule has 166 valence electrons. The van der Waals surface area contributed by atoms with Crippen molar-refractivity contribution in [3.8, 4) is 5.69 Å². The van der Waals surface area contributed by atoms with Crippen LogP contribution in [0.25, 0.3) is 16.7 Å². The fourth-order valence-electron chi connectivity index (χ4n) is 3.24. The number of sulfonamides is 1. The highest BCUT2D eigenvalue weighted by atomic mass is 32.2. The number of hydrogen-bond donors (Lipinski definition) is 0. The van der Waals surface area contributed by atoms with Crippen LogP contribution < -0.4 is 0 Å². The van der Waals surface area contributed by atoms with E-state index in [9.17, 15) is 13.2 Å². The number of aryl methyl sites for hydroxylation is 1. The van der Waals surface area contributed by atoms with Crippen molar-refractivity contribution >= 4 is 27.0 Å². The molecule has 2 heterocycles. The lowest BCUT2D eigenvalue weighted by Gasteiger charge is -2.11. The lowest BCUT2D eigenvalue weighted by Crippen LogP contribution is -2.22. The molecule has 4 rings (SSSR count). The maximum absolute atomic E-state index is 12.5. The monoisotopic (exact) mass is 455 g/mol. The van der Waals surface area contributed by atoms with Crippen molar-refractivity contribution in [2.45, 2.75) is 25.0 Å². The van der Waals surface area contributed by atoms with Gasteiger partial charge in [0.05, 0.1) is 27.2 Å². The molecule has 0 saturated heterocycles. The van der Waals surface area contributed by atoms with Gasteiger partial charge in [0.2, 0.25) is 10.0 Å². The van der Waals surface area contributed by atoms with E-state index >= 15 is 0 Å². The normalized spacial score (nSPS) is 11.9. The Kier molecular flexibility index (Phi) is 5.72. The molecule has 0 atom stereocenters. The van der Waals surface area contributed by atoms with Gasteiger partial charge >= 0.3 is 5.97 Å². The Morgan fingerprint density at radius 2 is 1.88 bits per heavy atom. The minimum atomic E-state index is -3.58. The number of aromatic nitrogens is 6. The van der Waals surface area contributed by atoms with Crippen LogP contribution in [0.15, 0.2) is 53.7 Å². The van der Waals surface area contributed by atoms with Crippen molar-refractivity contribution in [3.63, 3.8) is 0 Å². The van der Waals surface area contributed by atoms with Crippen LogP contribution in [0.3, 0.4) is 0 Å². The van der Waals surface area contributed by atoms with Gasteiger partial charge in [0.15, 0.2) is 0 Å². The van der Waals surface area contributed by atoms with Crippen molar-refractivity contribution < 1.29 is 17.9 Å². The zero-order valence-corrected chi connectivity index (χ0v) is 18.5. The Labute approximate surface area is 184 Å². The van der Waals surface area contributed by atoms with E-state index in [1.165, 1.54) is 31.2 Å². The second-order valence-corrected chi connectivity index (χ2v) is 9.24. The number of carbonyl (C=O) groups excluding carboxylic acids is 1. The van der Waals surface area contributed by atoms with Gasteiger partial charge in [-0.1, -0.05) is 0 Å². The third-order valence-electron chi connectivity index (χ3n) is 4.94. The van der Waals surface area contributed by atoms with Crippen molar-refractivity contribution in [3.05, 3.63) is 60.2 Å². The summed E-state index contributed by atoms with van der Waals surface area (Å²) in [6, 6.07) is 11.5. The van der Waals surface area contributed by atoms with Gasteiger partial charge in [-0.3, -0.25) is 0 Å². The Morgan fingerprint density at radius 3 is 2.50 bits per heavy atom. The molecule has 0 spiro atoms. The minimum Gasteiger partial charge on any atom is -0.454 e. The summed E-state index contributed by atoms with van der Waals surface area (Å²) in [6.07, 6.45) is 1.46. The van der Waals surface area contributed by atoms with E-state index in [0.29, 0.717) is 29.1 Å². The maximum atomic E-state index is 12.5. The van der Waals surface area contributed by atoms with Crippen LogP contribution >= 0.6 is 0 Å². The Hall–Kier alpha value is -3.64. The van der Waals surface area contributed by atoms with Gasteiger partial charge in [0, 0.05) is 20.6 Å². The summed E-state index contributed by atoms with van der Waals surface area (Å²) in [6.45, 7) is 2.48. The lowest BCUT2D eigenvalue weighted by molar-refractivity contribution is 0.0458. The molecule has 0 bridgehead atoms. The number of rotatable bonds is 7. The molecular formula is C20H21N7O4S. The molecule has 0 aliphatic heterocycles. The van der Waals surface area contributed by atoms with Gasteiger partial charge in [-0.2, -0.15) is 0 Å². The number of tetrazole rings is 1. The number of ether oxygens (including phenoxy) is 1. The zero-order valence-electron chi connectivity index (χ0n) is 17.7. The summed E-state index contributed by atoms with van der Waals surface area (Å²) in [4.78, 5) is 17.2. The third kappa shape index (κ3) is 3.97. The topological polar surface area (TPSA) is 125 Å². The van der Waals surface area contributed by atoms with Gasteiger partial charge in [-0.15, -0.1) is 5.10 Å². The highest BCUT2D eigenvalue weighted by Gasteiger charge is 2.20. The highest BCUT2D eigenvalue weighted by molar-refractivity contribution is 7.89. The molecule has 2 aromatic heterocycles. The quantitative estimate of drug-likeness (QED) is 0.385. The molecule has 0 amide bonds. The molecule has 4 aromatic rings. The first-order valence-corrected chi connectivity index (χ1v) is 11.2. The van der Waals surface area contributed by atoms with E-state index in [1.807, 2.05) is 11.5 Å². The second-order valence-electron chi connectivity index (χ2n) is 7.09. The summed E-state index contributed by atoms with van der Waals surface area (Å²) in [5.41, 5.74) is 2.37. The molecule has 0 aliphatic carbocycles.